The lowest BCUT2D eigenvalue weighted by Crippen LogP contribution is -2.13. The van der Waals surface area contributed by atoms with Gasteiger partial charge < -0.3 is 4.74 Å². The molecule has 5 nitrogen and oxygen atoms in total. The fraction of sp³-hybridized carbons (Fsp3) is 0.900. The Kier molecular flexibility index (Phi) is 5.49. The molecule has 6 heteroatoms. The van der Waals surface area contributed by atoms with Gasteiger partial charge in [0.05, 0.1) is 13.5 Å². The minimum Gasteiger partial charge on any atom is -0.469 e. The minimum atomic E-state index is -0.104. The van der Waals surface area contributed by atoms with Gasteiger partial charge in [-0.05, 0) is 41.7 Å². The monoisotopic (exact) mass is 243 g/mol. The highest BCUT2D eigenvalue weighted by Crippen LogP contribution is 2.51. The molecule has 0 aliphatic heterocycles. The van der Waals surface area contributed by atoms with Crippen LogP contribution in [0.1, 0.15) is 25.7 Å². The predicted molar refractivity (Wildman–Crippen MR) is 64.3 cm³/mol. The number of azide groups is 1. The summed E-state index contributed by atoms with van der Waals surface area (Å²) in [6, 6.07) is 0. The zero-order chi connectivity index (χ0) is 11.9. The van der Waals surface area contributed by atoms with Crippen LogP contribution in [0, 0.1) is 5.41 Å². The van der Waals surface area contributed by atoms with Gasteiger partial charge in [-0.3, -0.25) is 4.79 Å². The molecule has 0 heterocycles. The average Bonchev–Trinajstić information content (AvgIpc) is 3.03. The maximum Gasteiger partial charge on any atom is 0.306 e. The molecule has 1 aliphatic rings. The average molecular weight is 243 g/mol. The summed E-state index contributed by atoms with van der Waals surface area (Å²) in [7, 11) is 1.44. The van der Waals surface area contributed by atoms with Gasteiger partial charge in [-0.25, -0.2) is 0 Å². The van der Waals surface area contributed by atoms with E-state index in [1.165, 1.54) is 7.11 Å². The molecule has 90 valence electrons. The fourth-order valence-electron chi connectivity index (χ4n) is 1.50. The molecular weight excluding hydrogens is 226 g/mol. The first-order valence-electron chi connectivity index (χ1n) is 5.38. The van der Waals surface area contributed by atoms with Crippen molar-refractivity contribution < 1.29 is 9.53 Å². The van der Waals surface area contributed by atoms with Crippen molar-refractivity contribution in [3.63, 3.8) is 0 Å². The van der Waals surface area contributed by atoms with Crippen LogP contribution in [0.15, 0.2) is 5.11 Å². The van der Waals surface area contributed by atoms with Crippen molar-refractivity contribution in [2.75, 3.05) is 25.2 Å². The van der Waals surface area contributed by atoms with Crippen molar-refractivity contribution >= 4 is 17.7 Å². The fourth-order valence-corrected chi connectivity index (χ4v) is 2.80. The van der Waals surface area contributed by atoms with E-state index >= 15 is 0 Å². The van der Waals surface area contributed by atoms with Gasteiger partial charge in [0, 0.05) is 11.5 Å². The van der Waals surface area contributed by atoms with E-state index in [1.54, 1.807) is 0 Å². The van der Waals surface area contributed by atoms with Crippen molar-refractivity contribution in [1.29, 1.82) is 0 Å². The van der Waals surface area contributed by atoms with Crippen molar-refractivity contribution in [3.05, 3.63) is 10.4 Å². The molecule has 0 atom stereocenters. The summed E-state index contributed by atoms with van der Waals surface area (Å²) in [6.45, 7) is 0.563. The molecule has 1 saturated carbocycles. The summed E-state index contributed by atoms with van der Waals surface area (Å²) in [5.74, 6) is 1.90. The topological polar surface area (TPSA) is 75.1 Å². The summed E-state index contributed by atoms with van der Waals surface area (Å²) >= 11 is 1.83. The molecule has 0 spiro atoms. The molecule has 0 aromatic heterocycles. The van der Waals surface area contributed by atoms with Crippen LogP contribution in [-0.2, 0) is 9.53 Å². The Bertz CT molecular complexity index is 286. The lowest BCUT2D eigenvalue weighted by atomic mass is 10.1. The molecule has 1 rings (SSSR count). The second kappa shape index (κ2) is 6.66. The standard InChI is InChI=1S/C10H17N3O2S/c1-15-9(14)7-10(3-4-10)8-16-6-2-5-12-13-11/h2-8H2,1H3. The second-order valence-electron chi connectivity index (χ2n) is 4.11. The maximum absolute atomic E-state index is 11.2. The first-order chi connectivity index (χ1) is 7.72. The highest BCUT2D eigenvalue weighted by Gasteiger charge is 2.44. The normalized spacial score (nSPS) is 16.3. The van der Waals surface area contributed by atoms with Crippen molar-refractivity contribution in [2.45, 2.75) is 25.7 Å². The Hall–Kier alpha value is -0.870. The summed E-state index contributed by atoms with van der Waals surface area (Å²) in [6.07, 6.45) is 3.72. The number of hydrogen-bond acceptors (Lipinski definition) is 4. The predicted octanol–water partition coefficient (Wildman–Crippen LogP) is 2.76. The van der Waals surface area contributed by atoms with E-state index in [4.69, 9.17) is 5.53 Å². The number of rotatable bonds is 8. The van der Waals surface area contributed by atoms with Crippen LogP contribution >= 0.6 is 11.8 Å². The van der Waals surface area contributed by atoms with Crippen molar-refractivity contribution in [1.82, 2.24) is 0 Å². The number of nitrogens with zero attached hydrogens (tertiary/aromatic N) is 3. The molecule has 0 unspecified atom stereocenters. The number of methoxy groups -OCH3 is 1. The van der Waals surface area contributed by atoms with Crippen molar-refractivity contribution in [3.8, 4) is 0 Å². The summed E-state index contributed by atoms with van der Waals surface area (Å²) in [5.41, 5.74) is 8.29. The van der Waals surface area contributed by atoms with E-state index < -0.39 is 0 Å². The third-order valence-electron chi connectivity index (χ3n) is 2.72. The zero-order valence-corrected chi connectivity index (χ0v) is 10.3. The molecule has 0 N–H and O–H groups in total. The van der Waals surface area contributed by atoms with Gasteiger partial charge in [-0.15, -0.1) is 0 Å². The van der Waals surface area contributed by atoms with Gasteiger partial charge in [-0.2, -0.15) is 11.8 Å². The number of carbonyl (C=O) groups is 1. The van der Waals surface area contributed by atoms with Crippen LogP contribution in [-0.4, -0.2) is 31.1 Å². The first kappa shape index (κ1) is 13.2. The van der Waals surface area contributed by atoms with Gasteiger partial charge in [0.15, 0.2) is 0 Å². The van der Waals surface area contributed by atoms with E-state index in [0.717, 1.165) is 30.8 Å². The minimum absolute atomic E-state index is 0.104. The second-order valence-corrected chi connectivity index (χ2v) is 5.22. The van der Waals surface area contributed by atoms with Crippen molar-refractivity contribution in [2.24, 2.45) is 10.5 Å². The lowest BCUT2D eigenvalue weighted by Gasteiger charge is -2.12. The molecule has 0 aromatic rings. The molecule has 0 aromatic carbocycles. The van der Waals surface area contributed by atoms with E-state index in [-0.39, 0.29) is 11.4 Å². The Morgan fingerprint density at radius 1 is 1.62 bits per heavy atom. The number of ether oxygens (including phenoxy) is 1. The van der Waals surface area contributed by atoms with Crippen LogP contribution in [0.2, 0.25) is 0 Å². The van der Waals surface area contributed by atoms with E-state index in [2.05, 4.69) is 14.8 Å². The first-order valence-corrected chi connectivity index (χ1v) is 6.53. The number of carbonyl (C=O) groups excluding carboxylic acids is 1. The van der Waals surface area contributed by atoms with Gasteiger partial charge in [0.1, 0.15) is 0 Å². The Morgan fingerprint density at radius 3 is 2.94 bits per heavy atom. The molecule has 1 fully saturated rings. The van der Waals surface area contributed by atoms with Gasteiger partial charge >= 0.3 is 5.97 Å². The Morgan fingerprint density at radius 2 is 2.38 bits per heavy atom. The molecule has 0 amide bonds. The zero-order valence-electron chi connectivity index (χ0n) is 9.52. The van der Waals surface area contributed by atoms with Crippen LogP contribution in [0.5, 0.6) is 0 Å². The summed E-state index contributed by atoms with van der Waals surface area (Å²) in [4.78, 5) is 13.9. The van der Waals surface area contributed by atoms with Gasteiger partial charge in [-0.1, -0.05) is 5.11 Å². The SMILES string of the molecule is COC(=O)CC1(CSCCCN=[N+]=[N-])CC1. The molecule has 0 bridgehead atoms. The molecule has 0 saturated heterocycles. The van der Waals surface area contributed by atoms with E-state index in [9.17, 15) is 4.79 Å². The van der Waals surface area contributed by atoms with Crippen LogP contribution < -0.4 is 0 Å². The number of thioether (sulfide) groups is 1. The maximum atomic E-state index is 11.2. The number of esters is 1. The molecule has 16 heavy (non-hydrogen) atoms. The van der Waals surface area contributed by atoms with E-state index in [0.29, 0.717) is 13.0 Å². The van der Waals surface area contributed by atoms with Gasteiger partial charge in [0.25, 0.3) is 0 Å². The smallest absolute Gasteiger partial charge is 0.306 e. The molecule has 0 radical (unpaired) electrons. The number of hydrogen-bond donors (Lipinski definition) is 0. The highest BCUT2D eigenvalue weighted by atomic mass is 32.2. The van der Waals surface area contributed by atoms with Crippen LogP contribution in [0.4, 0.5) is 0 Å². The van der Waals surface area contributed by atoms with Crippen LogP contribution in [0.25, 0.3) is 10.4 Å². The Balaban J connectivity index is 2.08. The third kappa shape index (κ3) is 4.77. The molecular formula is C10H17N3O2S. The quantitative estimate of drug-likeness (QED) is 0.216. The summed E-state index contributed by atoms with van der Waals surface area (Å²) < 4.78 is 4.68. The summed E-state index contributed by atoms with van der Waals surface area (Å²) in [5, 5.41) is 3.48. The Labute approximate surface area is 99.5 Å². The van der Waals surface area contributed by atoms with Gasteiger partial charge in [0.2, 0.25) is 0 Å². The highest BCUT2D eigenvalue weighted by molar-refractivity contribution is 7.99. The van der Waals surface area contributed by atoms with E-state index in [1.807, 2.05) is 11.8 Å². The molecule has 1 aliphatic carbocycles. The van der Waals surface area contributed by atoms with Crippen LogP contribution in [0.3, 0.4) is 0 Å². The lowest BCUT2D eigenvalue weighted by molar-refractivity contribution is -0.141. The third-order valence-corrected chi connectivity index (χ3v) is 4.12. The largest absolute Gasteiger partial charge is 0.469 e.